The lowest BCUT2D eigenvalue weighted by Gasteiger charge is -2.10. The second-order valence-corrected chi connectivity index (χ2v) is 12.8. The van der Waals surface area contributed by atoms with Crippen LogP contribution in [0.2, 0.25) is 0 Å². The van der Waals surface area contributed by atoms with E-state index in [1.54, 1.807) is 0 Å². The molecule has 2 aromatic heterocycles. The lowest BCUT2D eigenvalue weighted by Crippen LogP contribution is -2.00. The van der Waals surface area contributed by atoms with E-state index in [4.69, 9.17) is 19.4 Å². The summed E-state index contributed by atoms with van der Waals surface area (Å²) in [6.45, 7) is 0. The Labute approximate surface area is 294 Å². The van der Waals surface area contributed by atoms with Crippen molar-refractivity contribution in [3.05, 3.63) is 176 Å². The normalized spacial score (nSPS) is 11.5. The molecule has 10 aromatic rings. The summed E-state index contributed by atoms with van der Waals surface area (Å²) < 4.78 is 6.45. The number of rotatable bonds is 5. The molecule has 0 bridgehead atoms. The fourth-order valence-electron chi connectivity index (χ4n) is 7.20. The third-order valence-corrected chi connectivity index (χ3v) is 9.71. The van der Waals surface area contributed by atoms with Crippen LogP contribution < -0.4 is 0 Å². The Bertz CT molecular complexity index is 2910. The zero-order valence-corrected chi connectivity index (χ0v) is 27.5. The molecule has 4 heteroatoms. The summed E-state index contributed by atoms with van der Waals surface area (Å²) in [6, 6.07) is 61.1. The molecule has 2 heterocycles. The number of benzene rings is 8. The molecule has 8 aromatic carbocycles. The van der Waals surface area contributed by atoms with Gasteiger partial charge in [0.05, 0.1) is 0 Å². The van der Waals surface area contributed by atoms with Crippen molar-refractivity contribution < 1.29 is 4.42 Å². The van der Waals surface area contributed by atoms with Gasteiger partial charge in [-0.05, 0) is 74.1 Å². The van der Waals surface area contributed by atoms with Crippen LogP contribution in [-0.4, -0.2) is 15.0 Å². The van der Waals surface area contributed by atoms with E-state index in [0.29, 0.717) is 17.5 Å². The van der Waals surface area contributed by atoms with Crippen molar-refractivity contribution in [3.8, 4) is 56.4 Å². The van der Waals surface area contributed by atoms with E-state index in [0.717, 1.165) is 60.9 Å². The third kappa shape index (κ3) is 5.13. The van der Waals surface area contributed by atoms with E-state index in [-0.39, 0.29) is 0 Å². The Morgan fingerprint density at radius 2 is 0.922 bits per heavy atom. The Kier molecular flexibility index (Phi) is 6.78. The van der Waals surface area contributed by atoms with Crippen molar-refractivity contribution in [1.82, 2.24) is 15.0 Å². The molecule has 10 rings (SSSR count). The zero-order chi connectivity index (χ0) is 33.7. The van der Waals surface area contributed by atoms with E-state index < -0.39 is 0 Å². The first kappa shape index (κ1) is 29.0. The Balaban J connectivity index is 1.15. The molecule has 0 fully saturated rings. The largest absolute Gasteiger partial charge is 0.456 e. The van der Waals surface area contributed by atoms with Gasteiger partial charge in [0, 0.05) is 27.5 Å². The third-order valence-electron chi connectivity index (χ3n) is 9.71. The van der Waals surface area contributed by atoms with Crippen LogP contribution in [0.3, 0.4) is 0 Å². The fourth-order valence-corrected chi connectivity index (χ4v) is 7.20. The van der Waals surface area contributed by atoms with Gasteiger partial charge >= 0.3 is 0 Å². The molecule has 0 radical (unpaired) electrons. The van der Waals surface area contributed by atoms with Crippen LogP contribution in [0.5, 0.6) is 0 Å². The minimum Gasteiger partial charge on any atom is -0.456 e. The first-order chi connectivity index (χ1) is 25.2. The van der Waals surface area contributed by atoms with Crippen LogP contribution in [0.4, 0.5) is 0 Å². The van der Waals surface area contributed by atoms with Gasteiger partial charge in [-0.2, -0.15) is 0 Å². The van der Waals surface area contributed by atoms with Crippen LogP contribution in [0, 0.1) is 0 Å². The first-order valence-corrected chi connectivity index (χ1v) is 17.1. The summed E-state index contributed by atoms with van der Waals surface area (Å²) in [5.41, 5.74) is 8.88. The molecule has 51 heavy (non-hydrogen) atoms. The number of hydrogen-bond acceptors (Lipinski definition) is 4. The highest BCUT2D eigenvalue weighted by molar-refractivity contribution is 6.13. The Morgan fingerprint density at radius 1 is 0.314 bits per heavy atom. The maximum Gasteiger partial charge on any atom is 0.164 e. The van der Waals surface area contributed by atoms with Crippen molar-refractivity contribution >= 4 is 43.5 Å². The molecule has 4 nitrogen and oxygen atoms in total. The highest BCUT2D eigenvalue weighted by atomic mass is 16.3. The molecule has 0 atom stereocenters. The van der Waals surface area contributed by atoms with Gasteiger partial charge in [-0.1, -0.05) is 146 Å². The minimum absolute atomic E-state index is 0.597. The number of fused-ring (bicyclic) bond motifs is 6. The zero-order valence-electron chi connectivity index (χ0n) is 27.5. The second kappa shape index (κ2) is 11.9. The summed E-state index contributed by atoms with van der Waals surface area (Å²) in [5, 5.41) is 6.98. The Hall–Kier alpha value is -6.91. The quantitative estimate of drug-likeness (QED) is 0.174. The summed E-state index contributed by atoms with van der Waals surface area (Å²) in [6.07, 6.45) is 0. The molecule has 238 valence electrons. The highest BCUT2D eigenvalue weighted by Gasteiger charge is 2.19. The monoisotopic (exact) mass is 651 g/mol. The number of furan rings is 1. The first-order valence-electron chi connectivity index (χ1n) is 17.1. The van der Waals surface area contributed by atoms with Crippen molar-refractivity contribution in [1.29, 1.82) is 0 Å². The molecule has 0 aliphatic rings. The smallest absolute Gasteiger partial charge is 0.164 e. The number of hydrogen-bond donors (Lipinski definition) is 0. The van der Waals surface area contributed by atoms with Crippen LogP contribution in [0.25, 0.3) is 99.9 Å². The van der Waals surface area contributed by atoms with E-state index in [9.17, 15) is 0 Å². The highest BCUT2D eigenvalue weighted by Crippen LogP contribution is 2.39. The molecule has 0 aliphatic heterocycles. The molecule has 0 spiro atoms. The minimum atomic E-state index is 0.597. The van der Waals surface area contributed by atoms with Gasteiger partial charge in [0.15, 0.2) is 17.5 Å². The summed E-state index contributed by atoms with van der Waals surface area (Å²) >= 11 is 0. The van der Waals surface area contributed by atoms with Gasteiger partial charge < -0.3 is 4.42 Å². The SMILES string of the molecule is c1ccc(-c2cccc(-c3nc(-c4ccccc4)nc(-c4cccc5oc6ccc(-c7ccc8c(ccc9ccccc98)c7)cc6c45)n3)c2)cc1. The maximum atomic E-state index is 6.45. The molecule has 0 saturated heterocycles. The van der Waals surface area contributed by atoms with Gasteiger partial charge in [-0.15, -0.1) is 0 Å². The van der Waals surface area contributed by atoms with Crippen molar-refractivity contribution in [2.75, 3.05) is 0 Å². The van der Waals surface area contributed by atoms with Gasteiger partial charge in [-0.3, -0.25) is 0 Å². The maximum absolute atomic E-state index is 6.45. The number of aromatic nitrogens is 3. The molecule has 0 aliphatic carbocycles. The molecule has 0 unspecified atom stereocenters. The molecule has 0 saturated carbocycles. The molecular weight excluding hydrogens is 623 g/mol. The molecule has 0 amide bonds. The van der Waals surface area contributed by atoms with Gasteiger partial charge in [0.2, 0.25) is 0 Å². The lowest BCUT2D eigenvalue weighted by molar-refractivity contribution is 0.669. The van der Waals surface area contributed by atoms with E-state index >= 15 is 0 Å². The van der Waals surface area contributed by atoms with Gasteiger partial charge in [0.1, 0.15) is 11.2 Å². The predicted molar refractivity (Wildman–Crippen MR) is 209 cm³/mol. The fraction of sp³-hybridized carbons (Fsp3) is 0. The van der Waals surface area contributed by atoms with E-state index in [2.05, 4.69) is 127 Å². The van der Waals surface area contributed by atoms with E-state index in [1.165, 1.54) is 21.5 Å². The van der Waals surface area contributed by atoms with Gasteiger partial charge in [0.25, 0.3) is 0 Å². The summed E-state index contributed by atoms with van der Waals surface area (Å²) in [4.78, 5) is 15.3. The summed E-state index contributed by atoms with van der Waals surface area (Å²) in [5.74, 6) is 1.83. The van der Waals surface area contributed by atoms with Crippen LogP contribution in [0.1, 0.15) is 0 Å². The summed E-state index contributed by atoms with van der Waals surface area (Å²) in [7, 11) is 0. The average Bonchev–Trinajstić information content (AvgIpc) is 3.59. The molecule has 0 N–H and O–H groups in total. The van der Waals surface area contributed by atoms with Crippen molar-refractivity contribution in [3.63, 3.8) is 0 Å². The van der Waals surface area contributed by atoms with Crippen molar-refractivity contribution in [2.24, 2.45) is 0 Å². The van der Waals surface area contributed by atoms with E-state index in [1.807, 2.05) is 48.5 Å². The van der Waals surface area contributed by atoms with Gasteiger partial charge in [-0.25, -0.2) is 15.0 Å². The van der Waals surface area contributed by atoms with Crippen LogP contribution in [0.15, 0.2) is 180 Å². The van der Waals surface area contributed by atoms with Crippen LogP contribution in [-0.2, 0) is 0 Å². The lowest BCUT2D eigenvalue weighted by atomic mass is 9.96. The van der Waals surface area contributed by atoms with Crippen LogP contribution >= 0.6 is 0 Å². The standard InChI is InChI=1S/C47H29N3O/c1-3-11-30(12-4-1)33-16-9-17-37(28-33)46-48-45(32-14-5-2-6-15-32)49-47(50-46)40-19-10-20-43-44(40)41-29-35(24-26-42(41)51-43)34-23-25-39-36(27-34)22-21-31-13-7-8-18-38(31)39/h1-29H. The predicted octanol–water partition coefficient (Wildman–Crippen LogP) is 12.4. The van der Waals surface area contributed by atoms with Crippen molar-refractivity contribution in [2.45, 2.75) is 0 Å². The second-order valence-electron chi connectivity index (χ2n) is 12.8. The Morgan fingerprint density at radius 3 is 1.78 bits per heavy atom. The molecular formula is C47H29N3O. The average molecular weight is 652 g/mol. The topological polar surface area (TPSA) is 51.8 Å². The number of nitrogens with zero attached hydrogens (tertiary/aromatic N) is 3.